The maximum atomic E-state index is 5.80. The van der Waals surface area contributed by atoms with Crippen LogP contribution in [0, 0.1) is 0 Å². The number of aromatic nitrogens is 2. The van der Waals surface area contributed by atoms with Gasteiger partial charge in [-0.1, -0.05) is 44.7 Å². The van der Waals surface area contributed by atoms with Crippen molar-refractivity contribution in [3.05, 3.63) is 36.7 Å². The molecule has 0 radical (unpaired) electrons. The summed E-state index contributed by atoms with van der Waals surface area (Å²) in [6.07, 6.45) is 10.5. The summed E-state index contributed by atoms with van der Waals surface area (Å²) < 4.78 is 2.03. The standard InChI is InChI=1S/C16H23N3/c1-2-3-4-5-6-10-19-13-15(12-18-19)14-8-7-9-16(17)11-14/h7-9,11-13H,2-6,10,17H2,1H3. The van der Waals surface area contributed by atoms with Gasteiger partial charge in [-0.15, -0.1) is 0 Å². The molecular formula is C16H23N3. The van der Waals surface area contributed by atoms with Crippen molar-refractivity contribution >= 4 is 5.69 Å². The van der Waals surface area contributed by atoms with Crippen molar-refractivity contribution < 1.29 is 0 Å². The van der Waals surface area contributed by atoms with Gasteiger partial charge in [0.1, 0.15) is 0 Å². The summed E-state index contributed by atoms with van der Waals surface area (Å²) in [5.41, 5.74) is 8.87. The van der Waals surface area contributed by atoms with E-state index in [4.69, 9.17) is 5.73 Å². The molecule has 2 N–H and O–H groups in total. The van der Waals surface area contributed by atoms with Crippen LogP contribution < -0.4 is 5.73 Å². The van der Waals surface area contributed by atoms with Crippen molar-refractivity contribution in [2.24, 2.45) is 0 Å². The summed E-state index contributed by atoms with van der Waals surface area (Å²) in [6.45, 7) is 3.25. The Hall–Kier alpha value is -1.77. The zero-order chi connectivity index (χ0) is 13.5. The fourth-order valence-electron chi connectivity index (χ4n) is 2.23. The normalized spacial score (nSPS) is 10.8. The Kier molecular flexibility index (Phi) is 5.01. The van der Waals surface area contributed by atoms with E-state index in [1.165, 1.54) is 32.1 Å². The Balaban J connectivity index is 1.88. The molecule has 0 unspecified atom stereocenters. The van der Waals surface area contributed by atoms with Crippen molar-refractivity contribution in [1.82, 2.24) is 9.78 Å². The van der Waals surface area contributed by atoms with E-state index in [1.54, 1.807) is 0 Å². The second kappa shape index (κ2) is 6.98. The van der Waals surface area contributed by atoms with Crippen LogP contribution in [0.25, 0.3) is 11.1 Å². The number of unbranched alkanes of at least 4 members (excludes halogenated alkanes) is 4. The molecule has 2 rings (SSSR count). The predicted molar refractivity (Wildman–Crippen MR) is 80.8 cm³/mol. The molecule has 0 fully saturated rings. The highest BCUT2D eigenvalue weighted by Gasteiger charge is 2.02. The quantitative estimate of drug-likeness (QED) is 0.599. The van der Waals surface area contributed by atoms with Crippen molar-refractivity contribution in [3.63, 3.8) is 0 Å². The molecule has 0 aliphatic carbocycles. The maximum absolute atomic E-state index is 5.80. The van der Waals surface area contributed by atoms with E-state index in [9.17, 15) is 0 Å². The minimum Gasteiger partial charge on any atom is -0.399 e. The Labute approximate surface area is 115 Å². The van der Waals surface area contributed by atoms with Crippen LogP contribution in [0.15, 0.2) is 36.7 Å². The Morgan fingerprint density at radius 2 is 1.95 bits per heavy atom. The van der Waals surface area contributed by atoms with Crippen LogP contribution in [0.3, 0.4) is 0 Å². The molecule has 1 aromatic carbocycles. The highest BCUT2D eigenvalue weighted by Crippen LogP contribution is 2.20. The van der Waals surface area contributed by atoms with Gasteiger partial charge >= 0.3 is 0 Å². The molecule has 2 aromatic rings. The molecule has 0 aliphatic heterocycles. The lowest BCUT2D eigenvalue weighted by Gasteiger charge is -2.01. The van der Waals surface area contributed by atoms with Gasteiger partial charge in [-0.25, -0.2) is 0 Å². The molecule has 0 aliphatic rings. The first kappa shape index (κ1) is 13.7. The lowest BCUT2D eigenvalue weighted by Crippen LogP contribution is -1.97. The lowest BCUT2D eigenvalue weighted by molar-refractivity contribution is 0.533. The molecule has 3 nitrogen and oxygen atoms in total. The molecule has 0 saturated heterocycles. The van der Waals surface area contributed by atoms with E-state index in [1.807, 2.05) is 29.1 Å². The molecule has 1 aromatic heterocycles. The fraction of sp³-hybridized carbons (Fsp3) is 0.438. The van der Waals surface area contributed by atoms with E-state index in [2.05, 4.69) is 24.3 Å². The number of hydrogen-bond acceptors (Lipinski definition) is 2. The number of anilines is 1. The fourth-order valence-corrected chi connectivity index (χ4v) is 2.23. The van der Waals surface area contributed by atoms with Crippen LogP contribution in [0.1, 0.15) is 39.0 Å². The van der Waals surface area contributed by atoms with E-state index in [0.29, 0.717) is 0 Å². The Morgan fingerprint density at radius 3 is 2.74 bits per heavy atom. The van der Waals surface area contributed by atoms with Crippen LogP contribution in [-0.2, 0) is 6.54 Å². The predicted octanol–water partition coefficient (Wildman–Crippen LogP) is 4.10. The molecule has 0 atom stereocenters. The molecule has 1 heterocycles. The minimum absolute atomic E-state index is 0.796. The van der Waals surface area contributed by atoms with Gasteiger partial charge < -0.3 is 5.73 Å². The monoisotopic (exact) mass is 257 g/mol. The molecule has 3 heteroatoms. The van der Waals surface area contributed by atoms with Crippen LogP contribution >= 0.6 is 0 Å². The average molecular weight is 257 g/mol. The van der Waals surface area contributed by atoms with Gasteiger partial charge in [0, 0.05) is 24.0 Å². The summed E-state index contributed by atoms with van der Waals surface area (Å²) in [5.74, 6) is 0. The number of nitrogens with zero attached hydrogens (tertiary/aromatic N) is 2. The molecule has 0 spiro atoms. The van der Waals surface area contributed by atoms with Crippen molar-refractivity contribution in [2.45, 2.75) is 45.6 Å². The second-order valence-corrected chi connectivity index (χ2v) is 5.03. The van der Waals surface area contributed by atoms with Gasteiger partial charge in [0.25, 0.3) is 0 Å². The number of nitrogen functional groups attached to an aromatic ring is 1. The summed E-state index contributed by atoms with van der Waals surface area (Å²) >= 11 is 0. The van der Waals surface area contributed by atoms with Crippen LogP contribution in [0.2, 0.25) is 0 Å². The molecule has 0 bridgehead atoms. The highest BCUT2D eigenvalue weighted by molar-refractivity contribution is 5.65. The zero-order valence-electron chi connectivity index (χ0n) is 11.7. The molecule has 0 amide bonds. The summed E-state index contributed by atoms with van der Waals surface area (Å²) in [4.78, 5) is 0. The van der Waals surface area contributed by atoms with Gasteiger partial charge in [0.2, 0.25) is 0 Å². The van der Waals surface area contributed by atoms with Gasteiger partial charge in [0.05, 0.1) is 6.20 Å². The number of aryl methyl sites for hydroxylation is 1. The van der Waals surface area contributed by atoms with Crippen molar-refractivity contribution in [2.75, 3.05) is 5.73 Å². The van der Waals surface area contributed by atoms with Crippen molar-refractivity contribution in [1.29, 1.82) is 0 Å². The Bertz CT molecular complexity index is 502. The highest BCUT2D eigenvalue weighted by atomic mass is 15.3. The van der Waals surface area contributed by atoms with Crippen LogP contribution in [0.4, 0.5) is 5.69 Å². The third-order valence-corrected chi connectivity index (χ3v) is 3.34. The number of benzene rings is 1. The Morgan fingerprint density at radius 1 is 1.11 bits per heavy atom. The van der Waals surface area contributed by atoms with E-state index < -0.39 is 0 Å². The number of hydrogen-bond donors (Lipinski definition) is 1. The van der Waals surface area contributed by atoms with Crippen LogP contribution in [0.5, 0.6) is 0 Å². The first-order chi connectivity index (χ1) is 9.29. The van der Waals surface area contributed by atoms with Gasteiger partial charge in [0.15, 0.2) is 0 Å². The minimum atomic E-state index is 0.796. The molecule has 102 valence electrons. The topological polar surface area (TPSA) is 43.8 Å². The summed E-state index contributed by atoms with van der Waals surface area (Å²) in [7, 11) is 0. The van der Waals surface area contributed by atoms with E-state index >= 15 is 0 Å². The molecule has 0 saturated carbocycles. The number of rotatable bonds is 7. The van der Waals surface area contributed by atoms with Crippen molar-refractivity contribution in [3.8, 4) is 11.1 Å². The van der Waals surface area contributed by atoms with E-state index in [0.717, 1.165) is 23.4 Å². The second-order valence-electron chi connectivity index (χ2n) is 5.03. The van der Waals surface area contributed by atoms with Gasteiger partial charge in [-0.3, -0.25) is 4.68 Å². The molecule has 19 heavy (non-hydrogen) atoms. The van der Waals surface area contributed by atoms with Gasteiger partial charge in [-0.05, 0) is 24.1 Å². The largest absolute Gasteiger partial charge is 0.399 e. The van der Waals surface area contributed by atoms with Crippen LogP contribution in [-0.4, -0.2) is 9.78 Å². The maximum Gasteiger partial charge on any atom is 0.0568 e. The third kappa shape index (κ3) is 4.12. The number of nitrogens with two attached hydrogens (primary N) is 1. The van der Waals surface area contributed by atoms with Gasteiger partial charge in [-0.2, -0.15) is 5.10 Å². The third-order valence-electron chi connectivity index (χ3n) is 3.34. The summed E-state index contributed by atoms with van der Waals surface area (Å²) in [6, 6.07) is 7.94. The first-order valence-electron chi connectivity index (χ1n) is 7.18. The smallest absolute Gasteiger partial charge is 0.0568 e. The first-order valence-corrected chi connectivity index (χ1v) is 7.18. The SMILES string of the molecule is CCCCCCCn1cc(-c2cccc(N)c2)cn1. The lowest BCUT2D eigenvalue weighted by atomic mass is 10.1. The zero-order valence-corrected chi connectivity index (χ0v) is 11.7. The average Bonchev–Trinajstić information content (AvgIpc) is 2.87. The summed E-state index contributed by atoms with van der Waals surface area (Å²) in [5, 5.41) is 4.42. The molecular weight excluding hydrogens is 234 g/mol. The van der Waals surface area contributed by atoms with E-state index in [-0.39, 0.29) is 0 Å².